The van der Waals surface area contributed by atoms with Gasteiger partial charge in [0.2, 0.25) is 0 Å². The van der Waals surface area contributed by atoms with Crippen molar-refractivity contribution in [2.24, 2.45) is 0 Å². The molecule has 0 fully saturated rings. The number of thiophene rings is 1. The minimum Gasteiger partial charge on any atom is -0.332 e. The van der Waals surface area contributed by atoms with Crippen LogP contribution in [0.4, 0.5) is 10.8 Å². The Bertz CT molecular complexity index is 910. The number of thiazole rings is 1. The molecule has 0 spiro atoms. The fourth-order valence-corrected chi connectivity index (χ4v) is 4.08. The molecule has 2 aromatic carbocycles. The van der Waals surface area contributed by atoms with Crippen molar-refractivity contribution in [1.29, 1.82) is 0 Å². The second-order valence-electron chi connectivity index (χ2n) is 4.41. The lowest BCUT2D eigenvalue weighted by Crippen LogP contribution is -1.88. The second-order valence-corrected chi connectivity index (χ2v) is 6.76. The Morgan fingerprint density at radius 1 is 1.10 bits per heavy atom. The molecule has 0 amide bonds. The molecule has 0 saturated heterocycles. The number of hydrogen-bond donors (Lipinski definition) is 1. The topological polar surface area (TPSA) is 24.9 Å². The third-order valence-corrected chi connectivity index (χ3v) is 5.42. The van der Waals surface area contributed by atoms with Crippen molar-refractivity contribution < 1.29 is 0 Å². The Labute approximate surface area is 128 Å². The third kappa shape index (κ3) is 2.06. The number of rotatable bonds is 2. The van der Waals surface area contributed by atoms with E-state index in [2.05, 4.69) is 39.9 Å². The minimum absolute atomic E-state index is 0.751. The number of halogens is 1. The number of benzene rings is 2. The number of aromatic nitrogens is 1. The van der Waals surface area contributed by atoms with Crippen molar-refractivity contribution in [3.05, 3.63) is 52.9 Å². The lowest BCUT2D eigenvalue weighted by Gasteiger charge is -2.01. The van der Waals surface area contributed by atoms with Gasteiger partial charge in [-0.1, -0.05) is 29.0 Å². The summed E-state index contributed by atoms with van der Waals surface area (Å²) in [4.78, 5) is 4.56. The maximum Gasteiger partial charge on any atom is 0.188 e. The van der Waals surface area contributed by atoms with Gasteiger partial charge in [-0.25, -0.2) is 4.98 Å². The van der Waals surface area contributed by atoms with E-state index in [0.717, 1.165) is 26.1 Å². The average molecular weight is 317 g/mol. The summed E-state index contributed by atoms with van der Waals surface area (Å²) in [5.41, 5.74) is 1.98. The normalized spacial score (nSPS) is 11.2. The molecule has 5 heteroatoms. The van der Waals surface area contributed by atoms with E-state index in [-0.39, 0.29) is 0 Å². The monoisotopic (exact) mass is 316 g/mol. The molecule has 1 N–H and O–H groups in total. The predicted octanol–water partition coefficient (Wildman–Crippen LogP) is 5.91. The van der Waals surface area contributed by atoms with Crippen LogP contribution in [0.1, 0.15) is 0 Å². The molecule has 20 heavy (non-hydrogen) atoms. The van der Waals surface area contributed by atoms with E-state index in [0.29, 0.717) is 0 Å². The van der Waals surface area contributed by atoms with Crippen LogP contribution in [0.5, 0.6) is 0 Å². The van der Waals surface area contributed by atoms with Gasteiger partial charge in [0.1, 0.15) is 0 Å². The highest BCUT2D eigenvalue weighted by Crippen LogP contribution is 2.34. The van der Waals surface area contributed by atoms with E-state index in [4.69, 9.17) is 11.6 Å². The number of fused-ring (bicyclic) bond motifs is 2. The molecule has 98 valence electrons. The Hall–Kier alpha value is -1.62. The van der Waals surface area contributed by atoms with Gasteiger partial charge in [0.05, 0.1) is 15.2 Å². The van der Waals surface area contributed by atoms with Crippen LogP contribution in [0, 0.1) is 0 Å². The molecule has 0 unspecified atom stereocenters. The fourth-order valence-electron chi connectivity index (χ4n) is 2.14. The highest BCUT2D eigenvalue weighted by atomic mass is 35.5. The van der Waals surface area contributed by atoms with Crippen LogP contribution < -0.4 is 5.32 Å². The number of nitrogens with zero attached hydrogens (tertiary/aromatic N) is 1. The zero-order valence-electron chi connectivity index (χ0n) is 10.3. The summed E-state index contributed by atoms with van der Waals surface area (Å²) in [5, 5.41) is 8.32. The molecule has 0 atom stereocenters. The van der Waals surface area contributed by atoms with E-state index < -0.39 is 0 Å². The summed E-state index contributed by atoms with van der Waals surface area (Å²) in [7, 11) is 0. The van der Waals surface area contributed by atoms with E-state index in [1.54, 1.807) is 22.7 Å². The van der Waals surface area contributed by atoms with Crippen LogP contribution in [-0.4, -0.2) is 4.98 Å². The quantitative estimate of drug-likeness (QED) is 0.497. The first kappa shape index (κ1) is 12.1. The summed E-state index contributed by atoms with van der Waals surface area (Å²) in [6, 6.07) is 14.3. The van der Waals surface area contributed by atoms with E-state index >= 15 is 0 Å². The van der Waals surface area contributed by atoms with Gasteiger partial charge in [-0.15, -0.1) is 11.3 Å². The number of nitrogens with one attached hydrogen (secondary N) is 1. The van der Waals surface area contributed by atoms with Crippen LogP contribution >= 0.6 is 34.3 Å². The molecule has 2 nitrogen and oxygen atoms in total. The molecule has 2 aromatic heterocycles. The third-order valence-electron chi connectivity index (χ3n) is 3.07. The first-order valence-corrected chi connectivity index (χ1v) is 8.16. The molecule has 0 aliphatic heterocycles. The lowest BCUT2D eigenvalue weighted by molar-refractivity contribution is 1.45. The van der Waals surface area contributed by atoms with Crippen LogP contribution in [0.2, 0.25) is 5.02 Å². The maximum atomic E-state index is 6.18. The van der Waals surface area contributed by atoms with Crippen molar-refractivity contribution in [3.63, 3.8) is 0 Å². The van der Waals surface area contributed by atoms with Gasteiger partial charge in [0.25, 0.3) is 0 Å². The summed E-state index contributed by atoms with van der Waals surface area (Å²) in [6.45, 7) is 0. The standard InChI is InChI=1S/C15H9ClN2S2/c16-11-2-1-3-12-14(11)20-15(18-12)17-10-4-5-13-9(8-10)6-7-19-13/h1-8H,(H,17,18). The van der Waals surface area contributed by atoms with Crippen molar-refractivity contribution in [1.82, 2.24) is 4.98 Å². The summed E-state index contributed by atoms with van der Waals surface area (Å²) in [5.74, 6) is 0. The van der Waals surface area contributed by atoms with Crippen molar-refractivity contribution in [2.75, 3.05) is 5.32 Å². The summed E-state index contributed by atoms with van der Waals surface area (Å²) < 4.78 is 2.32. The first-order valence-electron chi connectivity index (χ1n) is 6.09. The van der Waals surface area contributed by atoms with E-state index in [1.165, 1.54) is 10.1 Å². The van der Waals surface area contributed by atoms with E-state index in [1.807, 2.05) is 18.2 Å². The molecule has 2 heterocycles. The molecule has 4 rings (SSSR count). The van der Waals surface area contributed by atoms with Crippen molar-refractivity contribution in [3.8, 4) is 0 Å². The van der Waals surface area contributed by atoms with Gasteiger partial charge in [-0.2, -0.15) is 0 Å². The lowest BCUT2D eigenvalue weighted by atomic mass is 10.2. The SMILES string of the molecule is Clc1cccc2nc(Nc3ccc4sccc4c3)sc12. The molecule has 0 bridgehead atoms. The Morgan fingerprint density at radius 2 is 2.05 bits per heavy atom. The van der Waals surface area contributed by atoms with Crippen molar-refractivity contribution >= 4 is 65.4 Å². The fraction of sp³-hybridized carbons (Fsp3) is 0. The van der Waals surface area contributed by atoms with Gasteiger partial charge < -0.3 is 5.32 Å². The zero-order valence-corrected chi connectivity index (χ0v) is 12.6. The molecular weight excluding hydrogens is 308 g/mol. The van der Waals surface area contributed by atoms with Crippen LogP contribution in [-0.2, 0) is 0 Å². The van der Waals surface area contributed by atoms with Gasteiger partial charge in [-0.3, -0.25) is 0 Å². The molecule has 0 radical (unpaired) electrons. The highest BCUT2D eigenvalue weighted by Gasteiger charge is 2.07. The number of anilines is 2. The van der Waals surface area contributed by atoms with Gasteiger partial charge in [0, 0.05) is 10.4 Å². The molecule has 0 aliphatic carbocycles. The van der Waals surface area contributed by atoms with Crippen LogP contribution in [0.15, 0.2) is 47.8 Å². The molecular formula is C15H9ClN2S2. The number of hydrogen-bond acceptors (Lipinski definition) is 4. The average Bonchev–Trinajstić information content (AvgIpc) is 3.05. The Morgan fingerprint density at radius 3 is 2.95 bits per heavy atom. The largest absolute Gasteiger partial charge is 0.332 e. The smallest absolute Gasteiger partial charge is 0.188 e. The molecule has 0 aliphatic rings. The minimum atomic E-state index is 0.751. The van der Waals surface area contributed by atoms with Gasteiger partial charge in [0.15, 0.2) is 5.13 Å². The maximum absolute atomic E-state index is 6.18. The van der Waals surface area contributed by atoms with Gasteiger partial charge >= 0.3 is 0 Å². The molecule has 4 aromatic rings. The summed E-state index contributed by atoms with van der Waals surface area (Å²) >= 11 is 9.51. The second kappa shape index (κ2) is 4.74. The van der Waals surface area contributed by atoms with Crippen LogP contribution in [0.3, 0.4) is 0 Å². The Balaban J connectivity index is 1.74. The van der Waals surface area contributed by atoms with E-state index in [9.17, 15) is 0 Å². The Kier molecular flexibility index (Phi) is 2.88. The molecule has 0 saturated carbocycles. The highest BCUT2D eigenvalue weighted by molar-refractivity contribution is 7.22. The first-order chi connectivity index (χ1) is 9.79. The van der Waals surface area contributed by atoms with Crippen LogP contribution in [0.25, 0.3) is 20.3 Å². The zero-order chi connectivity index (χ0) is 13.5. The summed E-state index contributed by atoms with van der Waals surface area (Å²) in [6.07, 6.45) is 0. The predicted molar refractivity (Wildman–Crippen MR) is 89.7 cm³/mol. The van der Waals surface area contributed by atoms with Gasteiger partial charge in [-0.05, 0) is 47.2 Å². The van der Waals surface area contributed by atoms with Crippen molar-refractivity contribution in [2.45, 2.75) is 0 Å².